The predicted molar refractivity (Wildman–Crippen MR) is 201 cm³/mol. The molecule has 5 amide bonds. The highest BCUT2D eigenvalue weighted by Crippen LogP contribution is 2.51. The van der Waals surface area contributed by atoms with Gasteiger partial charge in [0.05, 0.1) is 18.6 Å². The zero-order chi connectivity index (χ0) is 40.0. The van der Waals surface area contributed by atoms with E-state index in [0.717, 1.165) is 25.7 Å². The van der Waals surface area contributed by atoms with Gasteiger partial charge in [0.2, 0.25) is 23.6 Å². The molecule has 0 bridgehead atoms. The van der Waals surface area contributed by atoms with Crippen LogP contribution in [0.2, 0.25) is 0 Å². The van der Waals surface area contributed by atoms with Gasteiger partial charge in [-0.3, -0.25) is 19.2 Å². The van der Waals surface area contributed by atoms with Gasteiger partial charge in [-0.05, 0) is 63.4 Å². The molecule has 298 valence electrons. The molecule has 1 heterocycles. The van der Waals surface area contributed by atoms with E-state index in [2.05, 4.69) is 34.4 Å². The van der Waals surface area contributed by atoms with Crippen molar-refractivity contribution < 1.29 is 37.5 Å². The number of alkyl halides is 2. The van der Waals surface area contributed by atoms with Crippen molar-refractivity contribution in [2.75, 3.05) is 27.2 Å². The van der Waals surface area contributed by atoms with Crippen LogP contribution in [0.25, 0.3) is 0 Å². The van der Waals surface area contributed by atoms with Crippen LogP contribution in [0, 0.1) is 11.3 Å². The number of nitrogens with one attached hydrogen (secondary N) is 4. The number of halogens is 2. The van der Waals surface area contributed by atoms with E-state index in [-0.39, 0.29) is 30.2 Å². The van der Waals surface area contributed by atoms with Crippen LogP contribution in [0.1, 0.15) is 97.1 Å². The van der Waals surface area contributed by atoms with Crippen LogP contribution in [0.15, 0.2) is 54.8 Å². The van der Waals surface area contributed by atoms with Crippen LogP contribution >= 0.6 is 0 Å². The van der Waals surface area contributed by atoms with Crippen molar-refractivity contribution in [3.8, 4) is 0 Å². The summed E-state index contributed by atoms with van der Waals surface area (Å²) in [7, 11) is 3.13. The van der Waals surface area contributed by atoms with Crippen LogP contribution in [-0.2, 0) is 23.9 Å². The quantitative estimate of drug-likeness (QED) is 0.155. The highest BCUT2D eigenvalue weighted by Gasteiger charge is 2.57. The van der Waals surface area contributed by atoms with Gasteiger partial charge in [-0.1, -0.05) is 70.2 Å². The molecule has 1 aromatic carbocycles. The summed E-state index contributed by atoms with van der Waals surface area (Å²) in [6.07, 6.45) is 3.99. The third kappa shape index (κ3) is 10.6. The monoisotopic (exact) mass is 756 g/mol. The number of hydrogen-bond acceptors (Lipinski definition) is 7. The smallest absolute Gasteiger partial charge is 0.408 e. The molecule has 4 N–H and O–H groups in total. The molecule has 2 saturated carbocycles. The molecule has 0 radical (unpaired) electrons. The average molecular weight is 757 g/mol. The molecule has 0 spiro atoms. The molecule has 5 atom stereocenters. The molecule has 14 heteroatoms. The second kappa shape index (κ2) is 17.3. The SMILES string of the molecule is C=C(C(=O)NCC(=O)NC(C(=O)N(C)C)c1ccccc1)C(CC1CC1(F)F)NC(=C)C1CCCN1C(=O)C(NC(=O)OC(C)(C)CCC)C1(C)CCC1. The molecule has 54 heavy (non-hydrogen) atoms. The molecule has 1 aliphatic heterocycles. The van der Waals surface area contributed by atoms with Gasteiger partial charge in [0.25, 0.3) is 5.92 Å². The van der Waals surface area contributed by atoms with Gasteiger partial charge in [-0.25, -0.2) is 13.6 Å². The first kappa shape index (κ1) is 42.3. The fourth-order valence-electron chi connectivity index (χ4n) is 7.42. The van der Waals surface area contributed by atoms with Gasteiger partial charge < -0.3 is 35.8 Å². The number of alkyl carbamates (subject to hydrolysis) is 1. The number of benzene rings is 1. The van der Waals surface area contributed by atoms with Gasteiger partial charge in [0, 0.05) is 44.2 Å². The predicted octanol–water partition coefficient (Wildman–Crippen LogP) is 4.98. The van der Waals surface area contributed by atoms with Crippen molar-refractivity contribution in [2.24, 2.45) is 11.3 Å². The Morgan fingerprint density at radius 2 is 1.69 bits per heavy atom. The van der Waals surface area contributed by atoms with Crippen LogP contribution in [0.4, 0.5) is 13.6 Å². The Morgan fingerprint density at radius 3 is 2.24 bits per heavy atom. The third-order valence-corrected chi connectivity index (χ3v) is 10.9. The summed E-state index contributed by atoms with van der Waals surface area (Å²) in [5.41, 5.74) is -0.327. The van der Waals surface area contributed by atoms with E-state index in [1.54, 1.807) is 49.3 Å². The lowest BCUT2D eigenvalue weighted by Gasteiger charge is -2.46. The summed E-state index contributed by atoms with van der Waals surface area (Å²) in [6.45, 7) is 15.6. The number of carbonyl (C=O) groups excluding carboxylic acids is 5. The van der Waals surface area contributed by atoms with Crippen LogP contribution in [0.5, 0.6) is 0 Å². The summed E-state index contributed by atoms with van der Waals surface area (Å²) < 4.78 is 34.1. The fourth-order valence-corrected chi connectivity index (χ4v) is 7.42. The highest BCUT2D eigenvalue weighted by atomic mass is 19.3. The molecule has 3 fully saturated rings. The summed E-state index contributed by atoms with van der Waals surface area (Å²) >= 11 is 0. The number of ether oxygens (including phenoxy) is 1. The molecule has 0 aromatic heterocycles. The summed E-state index contributed by atoms with van der Waals surface area (Å²) in [4.78, 5) is 69.6. The zero-order valence-corrected chi connectivity index (χ0v) is 32.6. The first-order chi connectivity index (χ1) is 25.3. The van der Waals surface area contributed by atoms with E-state index in [1.165, 1.54) is 4.90 Å². The lowest BCUT2D eigenvalue weighted by atomic mass is 9.65. The number of likely N-dealkylation sites (tertiary alicyclic amines) is 1. The van der Waals surface area contributed by atoms with Gasteiger partial charge in [-0.15, -0.1) is 0 Å². The second-order valence-electron chi connectivity index (χ2n) is 16.1. The fraction of sp³-hybridized carbons (Fsp3) is 0.625. The molecule has 2 aliphatic carbocycles. The van der Waals surface area contributed by atoms with E-state index in [0.29, 0.717) is 37.1 Å². The molecular weight excluding hydrogens is 698 g/mol. The highest BCUT2D eigenvalue weighted by molar-refractivity contribution is 5.97. The summed E-state index contributed by atoms with van der Waals surface area (Å²) in [6, 6.07) is 5.34. The average Bonchev–Trinajstić information content (AvgIpc) is 3.44. The molecule has 3 aliphatic rings. The lowest BCUT2D eigenvalue weighted by Crippen LogP contribution is -2.60. The molecule has 1 aromatic rings. The number of nitrogens with zero attached hydrogens (tertiary/aromatic N) is 2. The Hall–Kier alpha value is -4.49. The maximum Gasteiger partial charge on any atom is 0.408 e. The summed E-state index contributed by atoms with van der Waals surface area (Å²) in [5.74, 6) is -5.88. The molecule has 5 unspecified atom stereocenters. The maximum atomic E-state index is 14.3. The first-order valence-corrected chi connectivity index (χ1v) is 18.9. The van der Waals surface area contributed by atoms with Gasteiger partial charge in [0.15, 0.2) is 0 Å². The van der Waals surface area contributed by atoms with Crippen molar-refractivity contribution in [1.29, 1.82) is 0 Å². The minimum Gasteiger partial charge on any atom is -0.444 e. The lowest BCUT2D eigenvalue weighted by molar-refractivity contribution is -0.139. The number of hydrogen-bond donors (Lipinski definition) is 4. The van der Waals surface area contributed by atoms with Crippen molar-refractivity contribution >= 4 is 29.7 Å². The van der Waals surface area contributed by atoms with Crippen molar-refractivity contribution in [1.82, 2.24) is 31.1 Å². The Labute approximate surface area is 317 Å². The van der Waals surface area contributed by atoms with Crippen LogP contribution in [-0.4, -0.2) is 96.4 Å². The minimum atomic E-state index is -2.88. The van der Waals surface area contributed by atoms with Gasteiger partial charge in [0.1, 0.15) is 17.7 Å². The van der Waals surface area contributed by atoms with Crippen molar-refractivity contribution in [3.63, 3.8) is 0 Å². The molecular formula is C40H58F2N6O6. The number of carbonyl (C=O) groups is 5. The van der Waals surface area contributed by atoms with E-state index in [9.17, 15) is 32.8 Å². The third-order valence-electron chi connectivity index (χ3n) is 10.9. The van der Waals surface area contributed by atoms with E-state index in [1.807, 2.05) is 27.7 Å². The van der Waals surface area contributed by atoms with Gasteiger partial charge in [-0.2, -0.15) is 0 Å². The number of amides is 5. The minimum absolute atomic E-state index is 0.0783. The van der Waals surface area contributed by atoms with Crippen LogP contribution in [0.3, 0.4) is 0 Å². The Balaban J connectivity index is 1.43. The maximum absolute atomic E-state index is 14.3. The molecule has 4 rings (SSSR count). The van der Waals surface area contributed by atoms with Gasteiger partial charge >= 0.3 is 6.09 Å². The van der Waals surface area contributed by atoms with E-state index in [4.69, 9.17) is 4.74 Å². The van der Waals surface area contributed by atoms with E-state index >= 15 is 0 Å². The Kier molecular flexibility index (Phi) is 13.6. The second-order valence-corrected chi connectivity index (χ2v) is 16.1. The molecule has 12 nitrogen and oxygen atoms in total. The summed E-state index contributed by atoms with van der Waals surface area (Å²) in [5, 5.41) is 11.2. The molecule has 1 saturated heterocycles. The Bertz CT molecular complexity index is 1580. The zero-order valence-electron chi connectivity index (χ0n) is 32.6. The first-order valence-electron chi connectivity index (χ1n) is 18.9. The largest absolute Gasteiger partial charge is 0.444 e. The van der Waals surface area contributed by atoms with Crippen molar-refractivity contribution in [2.45, 2.75) is 121 Å². The number of rotatable bonds is 18. The van der Waals surface area contributed by atoms with Crippen molar-refractivity contribution in [3.05, 3.63) is 60.3 Å². The Morgan fingerprint density at radius 1 is 1.04 bits per heavy atom. The number of likely N-dealkylation sites (N-methyl/N-ethyl adjacent to an activating group) is 1. The standard InChI is InChI=1S/C40H58F2N6O6/c1-9-18-38(4,5)54-37(53)46-33(39(6)19-14-20-39)36(52)48-21-13-17-30(48)26(3)44-29(22-28-23-40(28,41)42)25(2)34(50)43-24-31(49)45-32(35(51)47(7)8)27-15-11-10-12-16-27/h10-12,15-16,28-30,32-33,44H,2-3,9,13-14,17-24H2,1,4-8H3,(H,43,50)(H,45,49)(H,46,53). The van der Waals surface area contributed by atoms with Crippen LogP contribution < -0.4 is 21.3 Å². The topological polar surface area (TPSA) is 149 Å². The normalized spacial score (nSPS) is 21.3. The van der Waals surface area contributed by atoms with E-state index < -0.39 is 71.5 Å².